The molecule has 0 fully saturated rings. The summed E-state index contributed by atoms with van der Waals surface area (Å²) in [4.78, 5) is 19.7. The van der Waals surface area contributed by atoms with E-state index in [2.05, 4.69) is 20.3 Å². The van der Waals surface area contributed by atoms with Crippen LogP contribution in [0.3, 0.4) is 0 Å². The van der Waals surface area contributed by atoms with Crippen LogP contribution in [0.2, 0.25) is 0 Å². The third-order valence-electron chi connectivity index (χ3n) is 7.24. The van der Waals surface area contributed by atoms with Crippen molar-refractivity contribution in [3.63, 3.8) is 0 Å². The van der Waals surface area contributed by atoms with E-state index < -0.39 is 16.1 Å². The number of carbonyl (C=O) groups excluding carboxylic acids is 1. The predicted molar refractivity (Wildman–Crippen MR) is 151 cm³/mol. The zero-order valence-electron chi connectivity index (χ0n) is 21.3. The number of sulfonamides is 1. The van der Waals surface area contributed by atoms with E-state index in [1.807, 2.05) is 83.9 Å². The number of hydrogen-bond donors (Lipinski definition) is 1. The molecule has 1 amide bonds. The molecule has 1 aliphatic heterocycles. The van der Waals surface area contributed by atoms with Crippen molar-refractivity contribution in [1.29, 1.82) is 0 Å². The highest BCUT2D eigenvalue weighted by Crippen LogP contribution is 2.28. The Kier molecular flexibility index (Phi) is 6.72. The van der Waals surface area contributed by atoms with E-state index in [1.54, 1.807) is 24.4 Å². The molecule has 1 N–H and O–H groups in total. The van der Waals surface area contributed by atoms with Crippen LogP contribution in [0.4, 0.5) is 0 Å². The van der Waals surface area contributed by atoms with Gasteiger partial charge in [0.2, 0.25) is 15.9 Å². The van der Waals surface area contributed by atoms with Crippen LogP contribution < -0.4 is 4.72 Å². The molecule has 0 radical (unpaired) electrons. The van der Waals surface area contributed by atoms with Gasteiger partial charge in [0.05, 0.1) is 17.5 Å². The maximum absolute atomic E-state index is 13.5. The van der Waals surface area contributed by atoms with Crippen molar-refractivity contribution in [2.24, 2.45) is 0 Å². The molecule has 196 valence electrons. The predicted octanol–water partition coefficient (Wildman–Crippen LogP) is 5.16. The summed E-state index contributed by atoms with van der Waals surface area (Å²) in [7, 11) is -3.88. The molecule has 1 atom stereocenters. The SMILES string of the molecule is O=C(CC(NS(=O)(=O)c1ccc2ccccc2c1)c1ccccc1)N1CCn2c(ccc2-c2cccnc2)C1. The molecule has 1 unspecified atom stereocenters. The molecule has 0 saturated heterocycles. The Bertz CT molecular complexity index is 1730. The van der Waals surface area contributed by atoms with E-state index in [0.717, 1.165) is 33.3 Å². The van der Waals surface area contributed by atoms with Crippen molar-refractivity contribution in [2.75, 3.05) is 6.54 Å². The van der Waals surface area contributed by atoms with Crippen molar-refractivity contribution in [3.05, 3.63) is 121 Å². The third-order valence-corrected chi connectivity index (χ3v) is 8.71. The van der Waals surface area contributed by atoms with Crippen molar-refractivity contribution in [1.82, 2.24) is 19.2 Å². The molecule has 5 aromatic rings. The molecule has 0 saturated carbocycles. The molecule has 6 rings (SSSR count). The summed E-state index contributed by atoms with van der Waals surface area (Å²) in [6.07, 6.45) is 3.61. The molecule has 39 heavy (non-hydrogen) atoms. The summed E-state index contributed by atoms with van der Waals surface area (Å²) in [6, 6.07) is 29.3. The molecule has 8 heteroatoms. The van der Waals surface area contributed by atoms with Gasteiger partial charge in [-0.3, -0.25) is 9.78 Å². The van der Waals surface area contributed by atoms with Crippen LogP contribution in [0, 0.1) is 0 Å². The average Bonchev–Trinajstić information content (AvgIpc) is 3.41. The number of amides is 1. The quantitative estimate of drug-likeness (QED) is 0.312. The van der Waals surface area contributed by atoms with Gasteiger partial charge in [-0.2, -0.15) is 0 Å². The Morgan fingerprint density at radius 2 is 1.67 bits per heavy atom. The Hall–Kier alpha value is -4.27. The Balaban J connectivity index is 1.22. The van der Waals surface area contributed by atoms with Gasteiger partial charge in [-0.15, -0.1) is 0 Å². The lowest BCUT2D eigenvalue weighted by Crippen LogP contribution is -2.40. The normalized spacial score (nSPS) is 14.2. The summed E-state index contributed by atoms with van der Waals surface area (Å²) in [5.74, 6) is -0.0968. The summed E-state index contributed by atoms with van der Waals surface area (Å²) >= 11 is 0. The number of aromatic nitrogens is 2. The van der Waals surface area contributed by atoms with E-state index in [1.165, 1.54) is 0 Å². The molecule has 1 aliphatic rings. The summed E-state index contributed by atoms with van der Waals surface area (Å²) in [5, 5.41) is 1.81. The van der Waals surface area contributed by atoms with Crippen molar-refractivity contribution >= 4 is 26.7 Å². The number of nitrogens with zero attached hydrogens (tertiary/aromatic N) is 3. The minimum absolute atomic E-state index is 0.0208. The van der Waals surface area contributed by atoms with Gasteiger partial charge in [-0.05, 0) is 52.7 Å². The van der Waals surface area contributed by atoms with Gasteiger partial charge in [0.15, 0.2) is 0 Å². The highest BCUT2D eigenvalue weighted by Gasteiger charge is 2.28. The monoisotopic (exact) mass is 536 g/mol. The largest absolute Gasteiger partial charge is 0.341 e. The molecule has 0 bridgehead atoms. The van der Waals surface area contributed by atoms with Crippen molar-refractivity contribution in [2.45, 2.75) is 30.4 Å². The van der Waals surface area contributed by atoms with Crippen LogP contribution in [-0.4, -0.2) is 35.3 Å². The molecular formula is C31H28N4O3S. The Morgan fingerprint density at radius 3 is 2.46 bits per heavy atom. The topological polar surface area (TPSA) is 84.3 Å². The van der Waals surface area contributed by atoms with Gasteiger partial charge < -0.3 is 9.47 Å². The summed E-state index contributed by atoms with van der Waals surface area (Å²) in [6.45, 7) is 1.68. The lowest BCUT2D eigenvalue weighted by atomic mass is 10.0. The van der Waals surface area contributed by atoms with Gasteiger partial charge >= 0.3 is 0 Å². The first-order valence-electron chi connectivity index (χ1n) is 12.9. The minimum atomic E-state index is -3.88. The maximum atomic E-state index is 13.5. The maximum Gasteiger partial charge on any atom is 0.241 e. The van der Waals surface area contributed by atoms with E-state index in [4.69, 9.17) is 0 Å². The molecule has 0 spiro atoms. The van der Waals surface area contributed by atoms with Crippen LogP contribution >= 0.6 is 0 Å². The zero-order valence-corrected chi connectivity index (χ0v) is 22.1. The lowest BCUT2D eigenvalue weighted by molar-refractivity contribution is -0.133. The zero-order chi connectivity index (χ0) is 26.8. The van der Waals surface area contributed by atoms with Crippen LogP contribution in [-0.2, 0) is 27.9 Å². The second-order valence-corrected chi connectivity index (χ2v) is 11.4. The number of rotatable bonds is 7. The lowest BCUT2D eigenvalue weighted by Gasteiger charge is -2.31. The number of nitrogens with one attached hydrogen (secondary N) is 1. The van der Waals surface area contributed by atoms with E-state index >= 15 is 0 Å². The Labute approximate surface area is 227 Å². The molecular weight excluding hydrogens is 508 g/mol. The van der Waals surface area contributed by atoms with Crippen LogP contribution in [0.1, 0.15) is 23.7 Å². The van der Waals surface area contributed by atoms with Gasteiger partial charge in [-0.25, -0.2) is 13.1 Å². The highest BCUT2D eigenvalue weighted by atomic mass is 32.2. The molecule has 3 heterocycles. The second kappa shape index (κ2) is 10.5. The first-order chi connectivity index (χ1) is 19.0. The van der Waals surface area contributed by atoms with Crippen LogP contribution in [0.5, 0.6) is 0 Å². The molecule has 3 aromatic carbocycles. The van der Waals surface area contributed by atoms with Gasteiger partial charge in [0, 0.05) is 48.9 Å². The van der Waals surface area contributed by atoms with Crippen LogP contribution in [0.25, 0.3) is 22.0 Å². The fraction of sp³-hybridized carbons (Fsp3) is 0.161. The number of fused-ring (bicyclic) bond motifs is 2. The first kappa shape index (κ1) is 25.0. The van der Waals surface area contributed by atoms with Crippen molar-refractivity contribution < 1.29 is 13.2 Å². The number of carbonyl (C=O) groups is 1. The minimum Gasteiger partial charge on any atom is -0.341 e. The number of pyridine rings is 1. The van der Waals surface area contributed by atoms with E-state index in [9.17, 15) is 13.2 Å². The highest BCUT2D eigenvalue weighted by molar-refractivity contribution is 7.89. The average molecular weight is 537 g/mol. The van der Waals surface area contributed by atoms with Gasteiger partial charge in [0.25, 0.3) is 0 Å². The Morgan fingerprint density at radius 1 is 0.872 bits per heavy atom. The van der Waals surface area contributed by atoms with E-state index in [0.29, 0.717) is 19.6 Å². The third kappa shape index (κ3) is 5.21. The molecule has 0 aliphatic carbocycles. The fourth-order valence-corrected chi connectivity index (χ4v) is 6.45. The molecule has 7 nitrogen and oxygen atoms in total. The number of hydrogen-bond acceptors (Lipinski definition) is 4. The van der Waals surface area contributed by atoms with E-state index in [-0.39, 0.29) is 17.2 Å². The standard InChI is InChI=1S/C31H28N4O3S/c36-31(34-17-18-35-27(22-34)13-15-30(35)26-11-6-16-32-21-26)20-29(24-8-2-1-3-9-24)33-39(37,38)28-14-12-23-7-4-5-10-25(23)19-28/h1-16,19,21,29,33H,17-18,20,22H2. The summed E-state index contributed by atoms with van der Waals surface area (Å²) < 4.78 is 32.0. The van der Waals surface area contributed by atoms with Gasteiger partial charge in [0.1, 0.15) is 0 Å². The number of benzene rings is 3. The van der Waals surface area contributed by atoms with Crippen LogP contribution in [0.15, 0.2) is 114 Å². The summed E-state index contributed by atoms with van der Waals surface area (Å²) in [5.41, 5.74) is 3.90. The van der Waals surface area contributed by atoms with Gasteiger partial charge in [-0.1, -0.05) is 60.7 Å². The smallest absolute Gasteiger partial charge is 0.241 e. The molecule has 2 aromatic heterocycles. The fourth-order valence-electron chi connectivity index (χ4n) is 5.19. The van der Waals surface area contributed by atoms with Crippen molar-refractivity contribution in [3.8, 4) is 11.3 Å². The second-order valence-electron chi connectivity index (χ2n) is 9.72. The first-order valence-corrected chi connectivity index (χ1v) is 14.4.